The number of hydrogen-bond donors (Lipinski definition) is 0. The van der Waals surface area contributed by atoms with Crippen LogP contribution in [0.1, 0.15) is 23.5 Å². The highest BCUT2D eigenvalue weighted by Gasteiger charge is 2.32. The first kappa shape index (κ1) is 18.9. The Bertz CT molecular complexity index is 872. The molecule has 0 spiro atoms. The maximum atomic E-state index is 13.0. The predicted molar refractivity (Wildman–Crippen MR) is 94.5 cm³/mol. The van der Waals surface area contributed by atoms with Crippen LogP contribution in [0.4, 0.5) is 4.39 Å². The number of sulfonamides is 1. The third kappa shape index (κ3) is 4.28. The third-order valence-electron chi connectivity index (χ3n) is 4.27. The highest BCUT2D eigenvalue weighted by atomic mass is 32.2. The summed E-state index contributed by atoms with van der Waals surface area (Å²) in [4.78, 5) is 16.5. The average Bonchev–Trinajstić information content (AvgIpc) is 3.05. The summed E-state index contributed by atoms with van der Waals surface area (Å²) in [5.74, 6) is -1.13. The summed E-state index contributed by atoms with van der Waals surface area (Å²) in [6, 6.07) is 4.75. The highest BCUT2D eigenvalue weighted by Crippen LogP contribution is 2.25. The van der Waals surface area contributed by atoms with Crippen LogP contribution in [-0.4, -0.2) is 36.8 Å². The summed E-state index contributed by atoms with van der Waals surface area (Å²) in [6.45, 7) is 2.48. The van der Waals surface area contributed by atoms with E-state index in [2.05, 4.69) is 4.98 Å². The molecule has 6 nitrogen and oxygen atoms in total. The topological polar surface area (TPSA) is 76.6 Å². The smallest absolute Gasteiger partial charge is 0.309 e. The molecular weight excluding hydrogens is 379 g/mol. The summed E-state index contributed by atoms with van der Waals surface area (Å²) in [7, 11) is -3.67. The third-order valence-corrected chi connectivity index (χ3v) is 7.00. The first-order chi connectivity index (χ1) is 12.4. The van der Waals surface area contributed by atoms with Crippen LogP contribution in [0.15, 0.2) is 34.5 Å². The van der Waals surface area contributed by atoms with E-state index in [1.807, 2.05) is 12.3 Å². The quantitative estimate of drug-likeness (QED) is 0.724. The zero-order valence-corrected chi connectivity index (χ0v) is 15.9. The van der Waals surface area contributed by atoms with E-state index in [0.29, 0.717) is 12.8 Å². The van der Waals surface area contributed by atoms with Gasteiger partial charge in [0.1, 0.15) is 12.4 Å². The lowest BCUT2D eigenvalue weighted by Gasteiger charge is -2.30. The number of thiazole rings is 1. The Morgan fingerprint density at radius 2 is 1.96 bits per heavy atom. The van der Waals surface area contributed by atoms with E-state index in [1.54, 1.807) is 0 Å². The summed E-state index contributed by atoms with van der Waals surface area (Å²) in [6.07, 6.45) is 0.796. The molecule has 1 aromatic heterocycles. The Morgan fingerprint density at radius 3 is 2.54 bits per heavy atom. The molecule has 9 heteroatoms. The van der Waals surface area contributed by atoms with Gasteiger partial charge >= 0.3 is 5.97 Å². The number of aryl methyl sites for hydroxylation is 1. The van der Waals surface area contributed by atoms with Crippen molar-refractivity contribution >= 4 is 27.3 Å². The molecule has 0 amide bonds. The van der Waals surface area contributed by atoms with Crippen molar-refractivity contribution in [3.8, 4) is 0 Å². The van der Waals surface area contributed by atoms with Gasteiger partial charge in [-0.05, 0) is 44.0 Å². The number of carbonyl (C=O) groups excluding carboxylic acids is 1. The predicted octanol–water partition coefficient (Wildman–Crippen LogP) is 2.73. The molecule has 1 aromatic carbocycles. The molecule has 2 aromatic rings. The van der Waals surface area contributed by atoms with E-state index >= 15 is 0 Å². The normalized spacial score (nSPS) is 16.5. The molecule has 1 saturated heterocycles. The molecule has 0 atom stereocenters. The lowest BCUT2D eigenvalue weighted by Crippen LogP contribution is -2.40. The van der Waals surface area contributed by atoms with Crippen LogP contribution in [-0.2, 0) is 26.2 Å². The van der Waals surface area contributed by atoms with Crippen LogP contribution in [0, 0.1) is 18.7 Å². The van der Waals surface area contributed by atoms with Crippen LogP contribution < -0.4 is 0 Å². The molecular formula is C17H19FN2O4S2. The van der Waals surface area contributed by atoms with Gasteiger partial charge in [0, 0.05) is 18.5 Å². The number of ether oxygens (including phenoxy) is 1. The molecule has 0 saturated carbocycles. The van der Waals surface area contributed by atoms with Gasteiger partial charge in [0.15, 0.2) is 0 Å². The van der Waals surface area contributed by atoms with Gasteiger partial charge in [0.05, 0.1) is 21.5 Å². The molecule has 1 fully saturated rings. The van der Waals surface area contributed by atoms with Crippen molar-refractivity contribution in [2.24, 2.45) is 5.92 Å². The zero-order chi connectivity index (χ0) is 18.7. The van der Waals surface area contributed by atoms with Crippen LogP contribution in [0.5, 0.6) is 0 Å². The summed E-state index contributed by atoms with van der Waals surface area (Å²) in [5.41, 5.74) is 0.720. The Labute approximate surface area is 155 Å². The van der Waals surface area contributed by atoms with Crippen LogP contribution in [0.3, 0.4) is 0 Å². The van der Waals surface area contributed by atoms with Gasteiger partial charge in [0.25, 0.3) is 0 Å². The van der Waals surface area contributed by atoms with Crippen LogP contribution in [0.25, 0.3) is 0 Å². The minimum atomic E-state index is -3.67. The lowest BCUT2D eigenvalue weighted by atomic mass is 9.98. The Kier molecular flexibility index (Phi) is 5.69. The lowest BCUT2D eigenvalue weighted by molar-refractivity contribution is -0.151. The van der Waals surface area contributed by atoms with Crippen molar-refractivity contribution in [1.29, 1.82) is 0 Å². The molecule has 26 heavy (non-hydrogen) atoms. The number of benzene rings is 1. The number of hydrogen-bond acceptors (Lipinski definition) is 6. The van der Waals surface area contributed by atoms with Gasteiger partial charge in [-0.25, -0.2) is 17.8 Å². The first-order valence-corrected chi connectivity index (χ1v) is 10.5. The van der Waals surface area contributed by atoms with Crippen molar-refractivity contribution in [3.63, 3.8) is 0 Å². The summed E-state index contributed by atoms with van der Waals surface area (Å²) >= 11 is 1.49. The van der Waals surface area contributed by atoms with Crippen molar-refractivity contribution in [2.75, 3.05) is 13.1 Å². The first-order valence-electron chi connectivity index (χ1n) is 8.19. The monoisotopic (exact) mass is 398 g/mol. The van der Waals surface area contributed by atoms with Crippen LogP contribution >= 0.6 is 11.3 Å². The molecule has 0 bridgehead atoms. The average molecular weight is 398 g/mol. The number of aromatic nitrogens is 1. The summed E-state index contributed by atoms with van der Waals surface area (Å²) < 4.78 is 44.7. The van der Waals surface area contributed by atoms with E-state index in [0.717, 1.165) is 22.8 Å². The van der Waals surface area contributed by atoms with Gasteiger partial charge in [-0.1, -0.05) is 0 Å². The number of halogens is 1. The van der Waals surface area contributed by atoms with Gasteiger partial charge in [-0.2, -0.15) is 4.31 Å². The zero-order valence-electron chi connectivity index (χ0n) is 14.2. The van der Waals surface area contributed by atoms with E-state index in [9.17, 15) is 17.6 Å². The molecule has 0 aliphatic carbocycles. The van der Waals surface area contributed by atoms with Gasteiger partial charge in [0.2, 0.25) is 10.0 Å². The van der Waals surface area contributed by atoms with E-state index in [-0.39, 0.29) is 36.5 Å². The van der Waals surface area contributed by atoms with Crippen molar-refractivity contribution in [2.45, 2.75) is 31.3 Å². The number of nitrogens with zero attached hydrogens (tertiary/aromatic N) is 2. The fourth-order valence-electron chi connectivity index (χ4n) is 2.82. The largest absolute Gasteiger partial charge is 0.459 e. The minimum absolute atomic E-state index is 0.0545. The maximum Gasteiger partial charge on any atom is 0.309 e. The molecule has 140 valence electrons. The van der Waals surface area contributed by atoms with E-state index in [1.165, 1.54) is 27.8 Å². The highest BCUT2D eigenvalue weighted by molar-refractivity contribution is 7.89. The Hall–Kier alpha value is -1.84. The minimum Gasteiger partial charge on any atom is -0.459 e. The van der Waals surface area contributed by atoms with Crippen LogP contribution in [0.2, 0.25) is 0 Å². The second-order valence-corrected chi connectivity index (χ2v) is 9.10. The van der Waals surface area contributed by atoms with E-state index < -0.39 is 15.8 Å². The van der Waals surface area contributed by atoms with Crippen molar-refractivity contribution in [3.05, 3.63) is 46.2 Å². The molecule has 0 N–H and O–H groups in total. The number of piperidine rings is 1. The number of carbonyl (C=O) groups is 1. The van der Waals surface area contributed by atoms with Gasteiger partial charge in [-0.15, -0.1) is 11.3 Å². The SMILES string of the molecule is Cc1nc(COC(=O)C2CCN(S(=O)(=O)c3ccc(F)cc3)CC2)cs1. The molecule has 1 aliphatic heterocycles. The van der Waals surface area contributed by atoms with Crippen molar-refractivity contribution in [1.82, 2.24) is 9.29 Å². The molecule has 2 heterocycles. The Balaban J connectivity index is 1.54. The van der Waals surface area contributed by atoms with Gasteiger partial charge < -0.3 is 4.74 Å². The molecule has 0 radical (unpaired) electrons. The molecule has 3 rings (SSSR count). The Morgan fingerprint density at radius 1 is 1.31 bits per heavy atom. The maximum absolute atomic E-state index is 13.0. The fraction of sp³-hybridized carbons (Fsp3) is 0.412. The number of rotatable bonds is 5. The number of esters is 1. The fourth-order valence-corrected chi connectivity index (χ4v) is 4.89. The second-order valence-electron chi connectivity index (χ2n) is 6.10. The second kappa shape index (κ2) is 7.81. The van der Waals surface area contributed by atoms with Crippen molar-refractivity contribution < 1.29 is 22.3 Å². The molecule has 0 unspecified atom stereocenters. The standard InChI is InChI=1S/C17H19FN2O4S2/c1-12-19-15(11-25-12)10-24-17(21)13-6-8-20(9-7-13)26(22,23)16-4-2-14(18)3-5-16/h2-5,11,13H,6-10H2,1H3. The molecule has 1 aliphatic rings. The summed E-state index contributed by atoms with van der Waals surface area (Å²) in [5, 5.41) is 2.76. The van der Waals surface area contributed by atoms with Gasteiger partial charge in [-0.3, -0.25) is 4.79 Å². The van der Waals surface area contributed by atoms with E-state index in [4.69, 9.17) is 4.74 Å².